The maximum absolute atomic E-state index is 13.1. The van der Waals surface area contributed by atoms with Gasteiger partial charge in [0.2, 0.25) is 11.0 Å². The first kappa shape index (κ1) is 18.7. The summed E-state index contributed by atoms with van der Waals surface area (Å²) < 4.78 is 18.9. The minimum atomic E-state index is -0.459. The van der Waals surface area contributed by atoms with Crippen LogP contribution >= 0.6 is 34.7 Å². The van der Waals surface area contributed by atoms with Gasteiger partial charge in [0.15, 0.2) is 4.34 Å². The number of thioether (sulfide) groups is 1. The minimum Gasteiger partial charge on any atom is -0.467 e. The molecule has 0 aliphatic carbocycles. The van der Waals surface area contributed by atoms with Gasteiger partial charge in [-0.05, 0) is 37.3 Å². The third-order valence-corrected chi connectivity index (χ3v) is 5.61. The van der Waals surface area contributed by atoms with Crippen LogP contribution < -0.4 is 10.6 Å². The van der Waals surface area contributed by atoms with Gasteiger partial charge in [-0.25, -0.2) is 4.39 Å². The average Bonchev–Trinajstić information content (AvgIpc) is 3.27. The van der Waals surface area contributed by atoms with Crippen LogP contribution in [-0.4, -0.2) is 21.4 Å². The van der Waals surface area contributed by atoms with Crippen molar-refractivity contribution in [1.82, 2.24) is 10.2 Å². The highest BCUT2D eigenvalue weighted by molar-refractivity contribution is 8.02. The number of furan rings is 1. The smallest absolute Gasteiger partial charge is 0.237 e. The zero-order valence-electron chi connectivity index (χ0n) is 13.5. The van der Waals surface area contributed by atoms with Crippen molar-refractivity contribution in [3.05, 3.63) is 53.2 Å². The van der Waals surface area contributed by atoms with Gasteiger partial charge in [-0.2, -0.15) is 0 Å². The lowest BCUT2D eigenvalue weighted by Crippen LogP contribution is -2.22. The largest absolute Gasteiger partial charge is 0.467 e. The number of carbonyl (C=O) groups is 1. The Labute approximate surface area is 162 Å². The van der Waals surface area contributed by atoms with E-state index in [0.717, 1.165) is 11.8 Å². The molecule has 0 fully saturated rings. The van der Waals surface area contributed by atoms with E-state index >= 15 is 0 Å². The maximum atomic E-state index is 13.1. The Kier molecular flexibility index (Phi) is 6.12. The first-order valence-corrected chi connectivity index (χ1v) is 9.61. The lowest BCUT2D eigenvalue weighted by Gasteiger charge is -2.11. The van der Waals surface area contributed by atoms with Gasteiger partial charge in [-0.3, -0.25) is 4.79 Å². The van der Waals surface area contributed by atoms with Crippen molar-refractivity contribution in [1.29, 1.82) is 0 Å². The van der Waals surface area contributed by atoms with Gasteiger partial charge in [0.25, 0.3) is 0 Å². The van der Waals surface area contributed by atoms with Crippen molar-refractivity contribution < 1.29 is 13.6 Å². The number of benzene rings is 1. The van der Waals surface area contributed by atoms with Crippen LogP contribution in [-0.2, 0) is 11.3 Å². The Morgan fingerprint density at radius 1 is 1.42 bits per heavy atom. The number of carbonyl (C=O) groups excluding carboxylic acids is 1. The fraction of sp³-hybridized carbons (Fsp3) is 0.188. The Morgan fingerprint density at radius 2 is 2.27 bits per heavy atom. The monoisotopic (exact) mass is 412 g/mol. The van der Waals surface area contributed by atoms with E-state index in [4.69, 9.17) is 16.0 Å². The summed E-state index contributed by atoms with van der Waals surface area (Å²) in [4.78, 5) is 12.3. The van der Waals surface area contributed by atoms with Gasteiger partial charge in [0.05, 0.1) is 28.8 Å². The summed E-state index contributed by atoms with van der Waals surface area (Å²) in [6, 6.07) is 7.48. The number of halogens is 2. The molecular weight excluding hydrogens is 399 g/mol. The molecule has 0 saturated heterocycles. The average molecular weight is 413 g/mol. The van der Waals surface area contributed by atoms with Crippen LogP contribution in [0, 0.1) is 5.82 Å². The van der Waals surface area contributed by atoms with Gasteiger partial charge < -0.3 is 15.1 Å². The Hall–Kier alpha value is -2.10. The molecule has 136 valence electrons. The van der Waals surface area contributed by atoms with E-state index in [0.29, 0.717) is 21.7 Å². The highest BCUT2D eigenvalue weighted by Gasteiger charge is 2.18. The van der Waals surface area contributed by atoms with E-state index in [1.807, 2.05) is 12.1 Å². The van der Waals surface area contributed by atoms with E-state index < -0.39 is 11.1 Å². The molecule has 3 rings (SSSR count). The van der Waals surface area contributed by atoms with E-state index in [9.17, 15) is 9.18 Å². The van der Waals surface area contributed by atoms with Gasteiger partial charge >= 0.3 is 0 Å². The quantitative estimate of drug-likeness (QED) is 0.549. The predicted octanol–water partition coefficient (Wildman–Crippen LogP) is 4.66. The molecule has 3 aromatic rings. The number of nitrogens with zero attached hydrogens (tertiary/aromatic N) is 2. The fourth-order valence-electron chi connectivity index (χ4n) is 1.93. The fourth-order valence-corrected chi connectivity index (χ4v) is 4.04. The molecular formula is C16H14ClFN4O2S2. The summed E-state index contributed by atoms with van der Waals surface area (Å²) in [6.07, 6.45) is 1.60. The van der Waals surface area contributed by atoms with Crippen molar-refractivity contribution in [2.45, 2.75) is 23.1 Å². The molecule has 26 heavy (non-hydrogen) atoms. The highest BCUT2D eigenvalue weighted by atomic mass is 35.5. The molecule has 2 heterocycles. The second-order valence-corrected chi connectivity index (χ2v) is 8.15. The number of aromatic nitrogens is 2. The van der Waals surface area contributed by atoms with Crippen LogP contribution in [0.15, 0.2) is 45.4 Å². The van der Waals surface area contributed by atoms with Crippen molar-refractivity contribution in [3.8, 4) is 0 Å². The molecule has 1 atom stereocenters. The summed E-state index contributed by atoms with van der Waals surface area (Å²) >= 11 is 8.54. The Balaban J connectivity index is 1.53. The van der Waals surface area contributed by atoms with Gasteiger partial charge in [0, 0.05) is 0 Å². The van der Waals surface area contributed by atoms with E-state index in [1.165, 1.54) is 35.2 Å². The second kappa shape index (κ2) is 8.52. The topological polar surface area (TPSA) is 80.1 Å². The van der Waals surface area contributed by atoms with E-state index in [-0.39, 0.29) is 10.9 Å². The first-order valence-electron chi connectivity index (χ1n) is 7.53. The number of nitrogens with one attached hydrogen (secondary N) is 2. The van der Waals surface area contributed by atoms with Gasteiger partial charge in [-0.1, -0.05) is 34.7 Å². The van der Waals surface area contributed by atoms with Crippen molar-refractivity contribution in [2.75, 3.05) is 10.6 Å². The van der Waals surface area contributed by atoms with E-state index in [2.05, 4.69) is 20.8 Å². The summed E-state index contributed by atoms with van der Waals surface area (Å²) in [5.74, 6) is 0.0704. The summed E-state index contributed by atoms with van der Waals surface area (Å²) in [5.41, 5.74) is 0.364. The van der Waals surface area contributed by atoms with Crippen LogP contribution in [0.4, 0.5) is 15.2 Å². The first-order chi connectivity index (χ1) is 12.5. The highest BCUT2D eigenvalue weighted by Crippen LogP contribution is 2.30. The predicted molar refractivity (Wildman–Crippen MR) is 101 cm³/mol. The summed E-state index contributed by atoms with van der Waals surface area (Å²) in [6.45, 7) is 2.25. The zero-order valence-corrected chi connectivity index (χ0v) is 15.9. The molecule has 10 heteroatoms. The molecule has 2 aromatic heterocycles. The van der Waals surface area contributed by atoms with Crippen LogP contribution in [0.2, 0.25) is 5.02 Å². The minimum absolute atomic E-state index is 0.149. The van der Waals surface area contributed by atoms with E-state index in [1.54, 1.807) is 13.2 Å². The second-order valence-electron chi connectivity index (χ2n) is 5.18. The molecule has 0 unspecified atom stereocenters. The van der Waals surface area contributed by atoms with Crippen molar-refractivity contribution in [3.63, 3.8) is 0 Å². The molecule has 0 radical (unpaired) electrons. The number of anilines is 2. The summed E-state index contributed by atoms with van der Waals surface area (Å²) in [5, 5.41) is 14.2. The van der Waals surface area contributed by atoms with Crippen LogP contribution in [0.3, 0.4) is 0 Å². The normalized spacial score (nSPS) is 12.0. The molecule has 0 spiro atoms. The molecule has 1 amide bonds. The number of hydrogen-bond acceptors (Lipinski definition) is 7. The van der Waals surface area contributed by atoms with Crippen LogP contribution in [0.5, 0.6) is 0 Å². The number of rotatable bonds is 7. The third kappa shape index (κ3) is 4.96. The number of amides is 1. The lowest BCUT2D eigenvalue weighted by atomic mass is 10.3. The molecule has 1 aromatic carbocycles. The maximum Gasteiger partial charge on any atom is 0.237 e. The Bertz CT molecular complexity index is 888. The van der Waals surface area contributed by atoms with Gasteiger partial charge in [-0.15, -0.1) is 10.2 Å². The van der Waals surface area contributed by atoms with Crippen LogP contribution in [0.1, 0.15) is 12.7 Å². The third-order valence-electron chi connectivity index (χ3n) is 3.24. The lowest BCUT2D eigenvalue weighted by molar-refractivity contribution is -0.115. The van der Waals surface area contributed by atoms with Crippen molar-refractivity contribution >= 4 is 51.4 Å². The molecule has 0 saturated carbocycles. The summed E-state index contributed by atoms with van der Waals surface area (Å²) in [7, 11) is 0. The van der Waals surface area contributed by atoms with Crippen molar-refractivity contribution in [2.24, 2.45) is 0 Å². The van der Waals surface area contributed by atoms with Crippen LogP contribution in [0.25, 0.3) is 0 Å². The molecule has 0 aliphatic heterocycles. The molecule has 0 bridgehead atoms. The molecule has 2 N–H and O–H groups in total. The molecule has 0 aliphatic rings. The van der Waals surface area contributed by atoms with Gasteiger partial charge in [0.1, 0.15) is 11.6 Å². The standard InChI is InChI=1S/C16H14ClFN4O2S2/c1-9(14(23)20-13-5-4-10(18)7-12(13)17)25-16-22-21-15(26-16)19-8-11-3-2-6-24-11/h2-7,9H,8H2,1H3,(H,19,21)(H,20,23)/t9-/m1/s1. The SMILES string of the molecule is C[C@@H](Sc1nnc(NCc2ccco2)s1)C(=O)Nc1ccc(F)cc1Cl. The Morgan fingerprint density at radius 3 is 3.00 bits per heavy atom. The number of hydrogen-bond donors (Lipinski definition) is 2. The zero-order chi connectivity index (χ0) is 18.5. The molecule has 6 nitrogen and oxygen atoms in total.